The molecule has 2 amide bonds. The van der Waals surface area contributed by atoms with Crippen molar-refractivity contribution < 1.29 is 14.7 Å². The molecule has 1 aliphatic heterocycles. The van der Waals surface area contributed by atoms with Gasteiger partial charge < -0.3 is 15.7 Å². The summed E-state index contributed by atoms with van der Waals surface area (Å²) in [5.74, 6) is -1.08. The second kappa shape index (κ2) is 1.37. The number of carboxylic acid groups (broad SMARTS) is 1. The van der Waals surface area contributed by atoms with Gasteiger partial charge in [0.1, 0.15) is 0 Å². The van der Waals surface area contributed by atoms with Crippen LogP contribution in [0.25, 0.3) is 0 Å². The molecule has 0 bridgehead atoms. The van der Waals surface area contributed by atoms with Gasteiger partial charge in [-0.05, 0) is 6.92 Å². The van der Waals surface area contributed by atoms with Crippen LogP contribution in [-0.2, 0) is 4.79 Å². The van der Waals surface area contributed by atoms with Crippen molar-refractivity contribution in [2.75, 3.05) is 0 Å². The molecular weight excluding hydrogens is 124 g/mol. The zero-order valence-electron chi connectivity index (χ0n) is 4.76. The SMILES string of the molecule is CC1(C(=O)O)NC(=O)N1. The molecular formula is C4H6N2O3. The molecule has 9 heavy (non-hydrogen) atoms. The van der Waals surface area contributed by atoms with Crippen molar-refractivity contribution in [2.45, 2.75) is 12.6 Å². The molecule has 0 unspecified atom stereocenters. The third-order valence-electron chi connectivity index (χ3n) is 1.15. The van der Waals surface area contributed by atoms with E-state index in [1.165, 1.54) is 6.92 Å². The Bertz CT molecular complexity index is 169. The van der Waals surface area contributed by atoms with Crippen molar-refractivity contribution in [3.05, 3.63) is 0 Å². The number of carbonyl (C=O) groups excluding carboxylic acids is 1. The van der Waals surface area contributed by atoms with Crippen LogP contribution in [0.2, 0.25) is 0 Å². The number of carboxylic acids is 1. The summed E-state index contributed by atoms with van der Waals surface area (Å²) in [5.41, 5.74) is -1.24. The third-order valence-corrected chi connectivity index (χ3v) is 1.15. The maximum Gasteiger partial charge on any atom is 0.350 e. The molecule has 1 saturated heterocycles. The maximum absolute atomic E-state index is 10.2. The van der Waals surface area contributed by atoms with Gasteiger partial charge in [0, 0.05) is 0 Å². The summed E-state index contributed by atoms with van der Waals surface area (Å²) in [6, 6.07) is -0.445. The largest absolute Gasteiger partial charge is 0.478 e. The minimum atomic E-state index is -1.24. The molecule has 0 spiro atoms. The number of hydrogen-bond acceptors (Lipinski definition) is 2. The molecule has 5 heteroatoms. The van der Waals surface area contributed by atoms with Crippen molar-refractivity contribution >= 4 is 12.0 Å². The average molecular weight is 130 g/mol. The van der Waals surface area contributed by atoms with E-state index in [1.807, 2.05) is 0 Å². The number of aliphatic carboxylic acids is 1. The molecule has 1 aliphatic rings. The quantitative estimate of drug-likeness (QED) is 0.430. The molecule has 50 valence electrons. The Morgan fingerprint density at radius 1 is 1.67 bits per heavy atom. The summed E-state index contributed by atoms with van der Waals surface area (Å²) < 4.78 is 0. The van der Waals surface area contributed by atoms with Gasteiger partial charge in [-0.3, -0.25) is 0 Å². The molecule has 0 saturated carbocycles. The lowest BCUT2D eigenvalue weighted by Crippen LogP contribution is -2.76. The molecule has 3 N–H and O–H groups in total. The fourth-order valence-electron chi connectivity index (χ4n) is 0.561. The molecule has 1 heterocycles. The number of nitrogens with one attached hydrogen (secondary N) is 2. The monoisotopic (exact) mass is 130 g/mol. The molecule has 0 aromatic carbocycles. The van der Waals surface area contributed by atoms with Crippen molar-refractivity contribution in [2.24, 2.45) is 0 Å². The highest BCUT2D eigenvalue weighted by Crippen LogP contribution is 2.05. The average Bonchev–Trinajstić information content (AvgIpc) is 1.62. The lowest BCUT2D eigenvalue weighted by molar-refractivity contribution is -0.146. The Labute approximate surface area is 51.0 Å². The van der Waals surface area contributed by atoms with Gasteiger partial charge in [0.05, 0.1) is 0 Å². The Morgan fingerprint density at radius 3 is 2.22 bits per heavy atom. The highest BCUT2D eigenvalue weighted by molar-refractivity contribution is 5.95. The van der Waals surface area contributed by atoms with E-state index in [2.05, 4.69) is 10.6 Å². The number of carbonyl (C=O) groups is 2. The highest BCUT2D eigenvalue weighted by atomic mass is 16.4. The summed E-state index contributed by atoms with van der Waals surface area (Å²) in [7, 11) is 0. The van der Waals surface area contributed by atoms with Gasteiger partial charge in [-0.1, -0.05) is 0 Å². The first-order valence-electron chi connectivity index (χ1n) is 2.38. The van der Waals surface area contributed by atoms with Crippen LogP contribution < -0.4 is 10.6 Å². The number of amides is 2. The Balaban J connectivity index is 2.60. The number of hydrogen-bond donors (Lipinski definition) is 3. The van der Waals surface area contributed by atoms with Crippen LogP contribution in [0.15, 0.2) is 0 Å². The van der Waals surface area contributed by atoms with Gasteiger partial charge in [-0.25, -0.2) is 9.59 Å². The van der Waals surface area contributed by atoms with Gasteiger partial charge in [-0.15, -0.1) is 0 Å². The number of urea groups is 1. The Kier molecular flexibility index (Phi) is 0.892. The van der Waals surface area contributed by atoms with E-state index in [-0.39, 0.29) is 0 Å². The third kappa shape index (κ3) is 0.697. The lowest BCUT2D eigenvalue weighted by atomic mass is 10.1. The van der Waals surface area contributed by atoms with Crippen molar-refractivity contribution in [3.63, 3.8) is 0 Å². The molecule has 0 radical (unpaired) electrons. The first kappa shape index (κ1) is 5.87. The van der Waals surface area contributed by atoms with Crippen LogP contribution in [0.3, 0.4) is 0 Å². The summed E-state index contributed by atoms with van der Waals surface area (Å²) in [6.45, 7) is 1.37. The molecule has 5 nitrogen and oxygen atoms in total. The molecule has 0 aromatic heterocycles. The fraction of sp³-hybridized carbons (Fsp3) is 0.500. The van der Waals surface area contributed by atoms with Crippen molar-refractivity contribution in [1.29, 1.82) is 0 Å². The van der Waals surface area contributed by atoms with Crippen LogP contribution in [0, 0.1) is 0 Å². The Hall–Kier alpha value is -1.26. The normalized spacial score (nSPS) is 21.2. The minimum absolute atomic E-state index is 0.445. The van der Waals surface area contributed by atoms with Gasteiger partial charge in [0.2, 0.25) is 5.66 Å². The second-order valence-corrected chi connectivity index (χ2v) is 2.01. The Morgan fingerprint density at radius 2 is 2.11 bits per heavy atom. The van der Waals surface area contributed by atoms with Crippen LogP contribution in [0.5, 0.6) is 0 Å². The summed E-state index contributed by atoms with van der Waals surface area (Å²) in [6.07, 6.45) is 0. The van der Waals surface area contributed by atoms with Gasteiger partial charge in [-0.2, -0.15) is 0 Å². The lowest BCUT2D eigenvalue weighted by Gasteiger charge is -2.35. The first-order valence-corrected chi connectivity index (χ1v) is 2.38. The van der Waals surface area contributed by atoms with Gasteiger partial charge in [0.15, 0.2) is 0 Å². The van der Waals surface area contributed by atoms with E-state index in [4.69, 9.17) is 5.11 Å². The zero-order chi connectivity index (χ0) is 7.07. The van der Waals surface area contributed by atoms with E-state index in [1.54, 1.807) is 0 Å². The van der Waals surface area contributed by atoms with Crippen molar-refractivity contribution in [1.82, 2.24) is 10.6 Å². The van der Waals surface area contributed by atoms with E-state index in [9.17, 15) is 9.59 Å². The van der Waals surface area contributed by atoms with E-state index < -0.39 is 17.7 Å². The predicted octanol–water partition coefficient (Wildman–Crippen LogP) is -0.900. The van der Waals surface area contributed by atoms with E-state index in [0.717, 1.165) is 0 Å². The topological polar surface area (TPSA) is 78.4 Å². The van der Waals surface area contributed by atoms with Crippen LogP contribution in [0.4, 0.5) is 4.79 Å². The summed E-state index contributed by atoms with van der Waals surface area (Å²) in [5, 5.41) is 12.7. The molecule has 0 atom stereocenters. The van der Waals surface area contributed by atoms with Crippen LogP contribution >= 0.6 is 0 Å². The van der Waals surface area contributed by atoms with Gasteiger partial charge >= 0.3 is 12.0 Å². The second-order valence-electron chi connectivity index (χ2n) is 2.01. The standard InChI is InChI=1S/C4H6N2O3/c1-4(2(7)8)5-3(9)6-4/h1H3,(H,7,8)(H2,5,6,9). The van der Waals surface area contributed by atoms with Crippen LogP contribution in [0.1, 0.15) is 6.92 Å². The minimum Gasteiger partial charge on any atom is -0.478 e. The van der Waals surface area contributed by atoms with E-state index >= 15 is 0 Å². The molecule has 0 aliphatic carbocycles. The van der Waals surface area contributed by atoms with Gasteiger partial charge in [0.25, 0.3) is 0 Å². The first-order chi connectivity index (χ1) is 4.04. The molecule has 1 fully saturated rings. The van der Waals surface area contributed by atoms with E-state index in [0.29, 0.717) is 0 Å². The maximum atomic E-state index is 10.2. The molecule has 1 rings (SSSR count). The number of rotatable bonds is 1. The summed E-state index contributed by atoms with van der Waals surface area (Å²) >= 11 is 0. The smallest absolute Gasteiger partial charge is 0.350 e. The zero-order valence-corrected chi connectivity index (χ0v) is 4.76. The predicted molar refractivity (Wildman–Crippen MR) is 27.7 cm³/mol. The summed E-state index contributed by atoms with van der Waals surface area (Å²) in [4.78, 5) is 20.3. The fourth-order valence-corrected chi connectivity index (χ4v) is 0.561. The highest BCUT2D eigenvalue weighted by Gasteiger charge is 2.44. The van der Waals surface area contributed by atoms with Crippen molar-refractivity contribution in [3.8, 4) is 0 Å². The van der Waals surface area contributed by atoms with Crippen LogP contribution in [-0.4, -0.2) is 22.8 Å². The molecule has 0 aromatic rings.